The molecule has 1 aliphatic heterocycles. The second-order valence-electron chi connectivity index (χ2n) is 13.1. The topological polar surface area (TPSA) is 99.5 Å². The Hall–Kier alpha value is -3.37. The number of ether oxygens (including phenoxy) is 4. The molecule has 2 unspecified atom stereocenters. The van der Waals surface area contributed by atoms with Crippen LogP contribution >= 0.6 is 0 Å². The highest BCUT2D eigenvalue weighted by Gasteiger charge is 2.43. The van der Waals surface area contributed by atoms with Crippen molar-refractivity contribution in [3.8, 4) is 5.75 Å². The van der Waals surface area contributed by atoms with E-state index in [9.17, 15) is 14.4 Å². The van der Waals surface area contributed by atoms with E-state index < -0.39 is 17.6 Å². The number of carbonyl (C=O) groups excluding carboxylic acids is 2. The predicted molar refractivity (Wildman–Crippen MR) is 173 cm³/mol. The molecule has 2 fully saturated rings. The smallest absolute Gasteiger partial charge is 0.410 e. The Labute approximate surface area is 267 Å². The van der Waals surface area contributed by atoms with Gasteiger partial charge >= 0.3 is 6.09 Å². The van der Waals surface area contributed by atoms with E-state index in [1.807, 2.05) is 50.8 Å². The molecule has 2 aromatic rings. The quantitative estimate of drug-likeness (QED) is 0.273. The summed E-state index contributed by atoms with van der Waals surface area (Å²) in [4.78, 5) is 44.2. The number of pyridine rings is 1. The van der Waals surface area contributed by atoms with E-state index in [1.165, 1.54) is 0 Å². The van der Waals surface area contributed by atoms with Crippen LogP contribution in [0.1, 0.15) is 76.0 Å². The zero-order chi connectivity index (χ0) is 32.6. The van der Waals surface area contributed by atoms with Gasteiger partial charge in [-0.3, -0.25) is 9.59 Å². The lowest BCUT2D eigenvalue weighted by Gasteiger charge is -2.40. The summed E-state index contributed by atoms with van der Waals surface area (Å²) in [5.41, 5.74) is 2.25. The molecule has 10 nitrogen and oxygen atoms in total. The molecule has 2 aliphatic rings. The number of benzene rings is 1. The largest absolute Gasteiger partial charge is 0.491 e. The van der Waals surface area contributed by atoms with Gasteiger partial charge in [0.2, 0.25) is 5.91 Å². The van der Waals surface area contributed by atoms with Crippen molar-refractivity contribution in [2.75, 3.05) is 47.1 Å². The van der Waals surface area contributed by atoms with Crippen molar-refractivity contribution in [3.05, 3.63) is 63.6 Å². The Morgan fingerprint density at radius 2 is 1.71 bits per heavy atom. The van der Waals surface area contributed by atoms with Crippen LogP contribution in [0.25, 0.3) is 0 Å². The van der Waals surface area contributed by atoms with Gasteiger partial charge in [-0.1, -0.05) is 6.07 Å². The average molecular weight is 626 g/mol. The average Bonchev–Trinajstić information content (AvgIpc) is 3.84. The zero-order valence-corrected chi connectivity index (χ0v) is 27.9. The van der Waals surface area contributed by atoms with Crippen molar-refractivity contribution < 1.29 is 28.5 Å². The number of likely N-dealkylation sites (tertiary alicyclic amines) is 1. The van der Waals surface area contributed by atoms with Gasteiger partial charge in [-0.25, -0.2) is 4.79 Å². The second kappa shape index (κ2) is 15.8. The van der Waals surface area contributed by atoms with Crippen LogP contribution in [0.5, 0.6) is 5.75 Å². The van der Waals surface area contributed by atoms with E-state index in [-0.39, 0.29) is 30.0 Å². The van der Waals surface area contributed by atoms with E-state index in [1.54, 1.807) is 35.9 Å². The normalized spacial score (nSPS) is 18.5. The maximum absolute atomic E-state index is 14.6. The lowest BCUT2D eigenvalue weighted by Crippen LogP contribution is -2.51. The first-order chi connectivity index (χ1) is 21.5. The van der Waals surface area contributed by atoms with Crippen LogP contribution < -0.4 is 10.3 Å². The highest BCUT2D eigenvalue weighted by atomic mass is 16.6. The van der Waals surface area contributed by atoms with Crippen molar-refractivity contribution >= 4 is 12.0 Å². The van der Waals surface area contributed by atoms with Crippen LogP contribution in [0, 0.1) is 5.92 Å². The molecule has 1 aliphatic carbocycles. The van der Waals surface area contributed by atoms with Crippen molar-refractivity contribution in [1.82, 2.24) is 14.4 Å². The minimum Gasteiger partial charge on any atom is -0.491 e. The highest BCUT2D eigenvalue weighted by Crippen LogP contribution is 2.38. The first-order valence-electron chi connectivity index (χ1n) is 16.2. The molecule has 1 saturated heterocycles. The summed E-state index contributed by atoms with van der Waals surface area (Å²) in [5, 5.41) is 0. The molecular weight excluding hydrogens is 574 g/mol. The lowest BCUT2D eigenvalue weighted by atomic mass is 9.79. The van der Waals surface area contributed by atoms with Gasteiger partial charge in [-0.2, -0.15) is 0 Å². The number of hydrogen-bond acceptors (Lipinski definition) is 7. The number of piperidine rings is 1. The van der Waals surface area contributed by atoms with Gasteiger partial charge in [0.15, 0.2) is 0 Å². The first kappa shape index (κ1) is 34.5. The Morgan fingerprint density at radius 3 is 2.36 bits per heavy atom. The summed E-state index contributed by atoms with van der Waals surface area (Å²) in [6.45, 7) is 10.7. The maximum Gasteiger partial charge on any atom is 0.410 e. The van der Waals surface area contributed by atoms with E-state index >= 15 is 0 Å². The van der Waals surface area contributed by atoms with E-state index in [0.717, 1.165) is 48.1 Å². The van der Waals surface area contributed by atoms with Crippen molar-refractivity contribution in [2.24, 2.45) is 5.92 Å². The Bertz CT molecular complexity index is 1320. The number of aromatic nitrogens is 1. The second-order valence-corrected chi connectivity index (χ2v) is 13.1. The summed E-state index contributed by atoms with van der Waals surface area (Å²) in [5.74, 6) is 0.0568. The SMILES string of the molecule is CCn1ccc(C2CCN(C(=O)OC(C)(C)C)CC2C(=O)N(Cc2cc(CCCOC)cc(OCCOC)c2)C2CC2)cc1=O. The fourth-order valence-electron chi connectivity index (χ4n) is 6.00. The van der Waals surface area contributed by atoms with Crippen LogP contribution in [0.15, 0.2) is 41.3 Å². The standard InChI is InChI=1S/C35H51N3O7/c1-7-36-14-12-27(22-32(36)39)30-13-15-37(34(41)45-35(2,3)4)24-31(30)33(40)38(28-10-11-28)23-26-19-25(9-8-16-42-5)20-29(21-26)44-18-17-43-6/h12,14,19-22,28,30-31H,7-11,13,15-18,23-24H2,1-6H3. The summed E-state index contributed by atoms with van der Waals surface area (Å²) < 4.78 is 23.8. The van der Waals surface area contributed by atoms with Gasteiger partial charge in [0, 0.05) is 65.3 Å². The van der Waals surface area contributed by atoms with E-state index in [0.29, 0.717) is 45.9 Å². The van der Waals surface area contributed by atoms with Gasteiger partial charge in [-0.15, -0.1) is 0 Å². The molecule has 0 N–H and O–H groups in total. The van der Waals surface area contributed by atoms with Crippen molar-refractivity contribution in [1.29, 1.82) is 0 Å². The third kappa shape index (κ3) is 9.81. The summed E-state index contributed by atoms with van der Waals surface area (Å²) >= 11 is 0. The van der Waals surface area contributed by atoms with Crippen LogP contribution in [-0.4, -0.2) is 85.1 Å². The minimum absolute atomic E-state index is 0.00191. The number of carbonyl (C=O) groups is 2. The predicted octanol–water partition coefficient (Wildman–Crippen LogP) is 5.00. The number of aryl methyl sites for hydroxylation is 2. The summed E-state index contributed by atoms with van der Waals surface area (Å²) in [7, 11) is 3.35. The Balaban J connectivity index is 1.63. The van der Waals surface area contributed by atoms with Gasteiger partial charge in [-0.05, 0) is 101 Å². The molecule has 248 valence electrons. The molecule has 45 heavy (non-hydrogen) atoms. The van der Waals surface area contributed by atoms with Crippen LogP contribution in [0.4, 0.5) is 4.79 Å². The van der Waals surface area contributed by atoms with Gasteiger partial charge in [0.25, 0.3) is 5.56 Å². The molecule has 2 heterocycles. The fraction of sp³-hybridized carbons (Fsp3) is 0.629. The summed E-state index contributed by atoms with van der Waals surface area (Å²) in [6, 6.07) is 9.95. The Kier molecular flexibility index (Phi) is 12.1. The van der Waals surface area contributed by atoms with Crippen LogP contribution in [-0.2, 0) is 38.5 Å². The summed E-state index contributed by atoms with van der Waals surface area (Å²) in [6.07, 6.45) is 5.54. The first-order valence-corrected chi connectivity index (χ1v) is 16.2. The monoisotopic (exact) mass is 625 g/mol. The number of rotatable bonds is 14. The molecule has 2 amide bonds. The highest BCUT2D eigenvalue weighted by molar-refractivity contribution is 5.82. The van der Waals surface area contributed by atoms with Gasteiger partial charge < -0.3 is 33.3 Å². The molecule has 1 aromatic carbocycles. The zero-order valence-electron chi connectivity index (χ0n) is 27.9. The molecule has 1 saturated carbocycles. The molecule has 0 bridgehead atoms. The third-order valence-corrected chi connectivity index (χ3v) is 8.39. The fourth-order valence-corrected chi connectivity index (χ4v) is 6.00. The van der Waals surface area contributed by atoms with Gasteiger partial charge in [0.1, 0.15) is 18.0 Å². The number of hydrogen-bond donors (Lipinski definition) is 0. The maximum atomic E-state index is 14.6. The van der Waals surface area contributed by atoms with Gasteiger partial charge in [0.05, 0.1) is 12.5 Å². The third-order valence-electron chi connectivity index (χ3n) is 8.39. The molecule has 4 rings (SSSR count). The molecule has 2 atom stereocenters. The number of amides is 2. The van der Waals surface area contributed by atoms with Crippen LogP contribution in [0.3, 0.4) is 0 Å². The van der Waals surface area contributed by atoms with Crippen molar-refractivity contribution in [3.63, 3.8) is 0 Å². The molecule has 1 aromatic heterocycles. The molecule has 0 spiro atoms. The minimum atomic E-state index is -0.643. The van der Waals surface area contributed by atoms with Crippen LogP contribution in [0.2, 0.25) is 0 Å². The van der Waals surface area contributed by atoms with Crippen molar-refractivity contribution in [2.45, 2.75) is 90.4 Å². The number of methoxy groups -OCH3 is 2. The molecule has 10 heteroatoms. The lowest BCUT2D eigenvalue weighted by molar-refractivity contribution is -0.139. The Morgan fingerprint density at radius 1 is 0.978 bits per heavy atom. The van der Waals surface area contributed by atoms with E-state index in [2.05, 4.69) is 6.07 Å². The molecule has 0 radical (unpaired) electrons. The number of nitrogens with zero attached hydrogens (tertiary/aromatic N) is 3. The van der Waals surface area contributed by atoms with E-state index in [4.69, 9.17) is 18.9 Å². The molecular formula is C35H51N3O7.